The monoisotopic (exact) mass is 392 g/mol. The number of hydrogen-bond acceptors (Lipinski definition) is 4. The largest absolute Gasteiger partial charge is 0.444 e. The standard InChI is InChI=1S/C23H28N4O2/c1-23(2,3)29-22(28)26-13-11-17(12-14-26)15-18-7-6-10-21(25-18)27-16-24-19-8-4-5-9-20(19)27/h4-10,16-17H,11-15H2,1-3H3. The third-order valence-electron chi connectivity index (χ3n) is 5.26. The minimum Gasteiger partial charge on any atom is -0.444 e. The number of nitrogens with zero attached hydrogens (tertiary/aromatic N) is 4. The fourth-order valence-electron chi connectivity index (χ4n) is 3.80. The Hall–Kier alpha value is -2.89. The van der Waals surface area contributed by atoms with Gasteiger partial charge in [0.2, 0.25) is 0 Å². The van der Waals surface area contributed by atoms with E-state index < -0.39 is 5.60 Å². The molecular weight excluding hydrogens is 364 g/mol. The van der Waals surface area contributed by atoms with Gasteiger partial charge in [-0.15, -0.1) is 0 Å². The molecule has 6 nitrogen and oxygen atoms in total. The molecule has 0 spiro atoms. The predicted molar refractivity (Wildman–Crippen MR) is 113 cm³/mol. The number of benzene rings is 1. The highest BCUT2D eigenvalue weighted by molar-refractivity contribution is 5.76. The van der Waals surface area contributed by atoms with Crippen LogP contribution in [-0.4, -0.2) is 44.2 Å². The molecule has 6 heteroatoms. The predicted octanol–water partition coefficient (Wildman–Crippen LogP) is 4.61. The molecule has 4 rings (SSSR count). The number of amides is 1. The number of fused-ring (bicyclic) bond motifs is 1. The van der Waals surface area contributed by atoms with Gasteiger partial charge in [-0.25, -0.2) is 14.8 Å². The summed E-state index contributed by atoms with van der Waals surface area (Å²) >= 11 is 0. The van der Waals surface area contributed by atoms with Gasteiger partial charge in [0, 0.05) is 18.8 Å². The van der Waals surface area contributed by atoms with Crippen molar-refractivity contribution >= 4 is 17.1 Å². The van der Waals surface area contributed by atoms with Gasteiger partial charge in [-0.1, -0.05) is 18.2 Å². The molecule has 2 aromatic heterocycles. The van der Waals surface area contributed by atoms with Crippen molar-refractivity contribution in [3.8, 4) is 5.82 Å². The first-order chi connectivity index (χ1) is 13.9. The first-order valence-electron chi connectivity index (χ1n) is 10.3. The van der Waals surface area contributed by atoms with Crippen molar-refractivity contribution in [3.63, 3.8) is 0 Å². The summed E-state index contributed by atoms with van der Waals surface area (Å²) in [5.41, 5.74) is 2.66. The summed E-state index contributed by atoms with van der Waals surface area (Å²) in [4.78, 5) is 23.4. The summed E-state index contributed by atoms with van der Waals surface area (Å²) in [6.45, 7) is 7.19. The van der Waals surface area contributed by atoms with Crippen molar-refractivity contribution < 1.29 is 9.53 Å². The molecule has 0 unspecified atom stereocenters. The van der Waals surface area contributed by atoms with Crippen LogP contribution < -0.4 is 0 Å². The SMILES string of the molecule is CC(C)(C)OC(=O)N1CCC(Cc2cccc(-n3cnc4ccccc43)n2)CC1. The van der Waals surface area contributed by atoms with Crippen LogP contribution in [0.4, 0.5) is 4.79 Å². The molecule has 0 radical (unpaired) electrons. The maximum Gasteiger partial charge on any atom is 0.410 e. The Morgan fingerprint density at radius 3 is 2.62 bits per heavy atom. The Kier molecular flexibility index (Phi) is 5.26. The molecule has 0 saturated carbocycles. The fourth-order valence-corrected chi connectivity index (χ4v) is 3.80. The average molecular weight is 393 g/mol. The van der Waals surface area contributed by atoms with E-state index in [1.807, 2.05) is 60.8 Å². The van der Waals surface area contributed by atoms with Gasteiger partial charge in [-0.2, -0.15) is 0 Å². The Morgan fingerprint density at radius 1 is 1.10 bits per heavy atom. The Bertz CT molecular complexity index is 997. The maximum absolute atomic E-state index is 12.2. The second-order valence-corrected chi connectivity index (χ2v) is 8.71. The molecule has 1 aliphatic heterocycles. The van der Waals surface area contributed by atoms with E-state index in [0.717, 1.165) is 54.9 Å². The maximum atomic E-state index is 12.2. The molecule has 3 aromatic rings. The van der Waals surface area contributed by atoms with Gasteiger partial charge in [0.15, 0.2) is 0 Å². The molecule has 1 fully saturated rings. The van der Waals surface area contributed by atoms with Crippen LogP contribution in [0.2, 0.25) is 0 Å². The third-order valence-corrected chi connectivity index (χ3v) is 5.26. The summed E-state index contributed by atoms with van der Waals surface area (Å²) in [7, 11) is 0. The lowest BCUT2D eigenvalue weighted by molar-refractivity contribution is 0.0184. The van der Waals surface area contributed by atoms with Crippen molar-refractivity contribution in [2.75, 3.05) is 13.1 Å². The summed E-state index contributed by atoms with van der Waals surface area (Å²) in [6.07, 6.45) is 4.49. The van der Waals surface area contributed by atoms with Crippen LogP contribution in [0, 0.1) is 5.92 Å². The number of para-hydroxylation sites is 2. The molecule has 29 heavy (non-hydrogen) atoms. The third kappa shape index (κ3) is 4.58. The summed E-state index contributed by atoms with van der Waals surface area (Å²) in [5.74, 6) is 1.42. The Morgan fingerprint density at radius 2 is 1.86 bits per heavy atom. The smallest absolute Gasteiger partial charge is 0.410 e. The number of hydrogen-bond donors (Lipinski definition) is 0. The van der Waals surface area contributed by atoms with Crippen LogP contribution in [0.5, 0.6) is 0 Å². The van der Waals surface area contributed by atoms with Crippen LogP contribution in [0.1, 0.15) is 39.3 Å². The van der Waals surface area contributed by atoms with Gasteiger partial charge in [0.25, 0.3) is 0 Å². The average Bonchev–Trinajstić information content (AvgIpc) is 3.12. The first-order valence-corrected chi connectivity index (χ1v) is 10.3. The number of carbonyl (C=O) groups excluding carboxylic acids is 1. The van der Waals surface area contributed by atoms with E-state index in [0.29, 0.717) is 5.92 Å². The van der Waals surface area contributed by atoms with Gasteiger partial charge in [0.1, 0.15) is 17.7 Å². The molecule has 1 amide bonds. The summed E-state index contributed by atoms with van der Waals surface area (Å²) in [5, 5.41) is 0. The van der Waals surface area contributed by atoms with Gasteiger partial charge in [-0.3, -0.25) is 4.57 Å². The van der Waals surface area contributed by atoms with Crippen molar-refractivity contribution in [1.82, 2.24) is 19.4 Å². The number of aromatic nitrogens is 3. The normalized spacial score (nSPS) is 15.6. The van der Waals surface area contributed by atoms with Crippen LogP contribution >= 0.6 is 0 Å². The number of likely N-dealkylation sites (tertiary alicyclic amines) is 1. The zero-order chi connectivity index (χ0) is 20.4. The molecule has 0 bridgehead atoms. The van der Waals surface area contributed by atoms with Crippen LogP contribution in [0.25, 0.3) is 16.9 Å². The number of piperidine rings is 1. The number of ether oxygens (including phenoxy) is 1. The second kappa shape index (κ2) is 7.85. The molecule has 152 valence electrons. The van der Waals surface area contributed by atoms with E-state index in [2.05, 4.69) is 23.2 Å². The van der Waals surface area contributed by atoms with Gasteiger partial charge in [0.05, 0.1) is 11.0 Å². The lowest BCUT2D eigenvalue weighted by Gasteiger charge is -2.33. The number of pyridine rings is 1. The number of rotatable bonds is 3. The van der Waals surface area contributed by atoms with Gasteiger partial charge in [-0.05, 0) is 70.2 Å². The molecule has 0 aliphatic carbocycles. The van der Waals surface area contributed by atoms with E-state index >= 15 is 0 Å². The van der Waals surface area contributed by atoms with Crippen molar-refractivity contribution in [3.05, 3.63) is 54.5 Å². The van der Waals surface area contributed by atoms with E-state index in [1.54, 1.807) is 0 Å². The number of carbonyl (C=O) groups is 1. The highest BCUT2D eigenvalue weighted by atomic mass is 16.6. The van der Waals surface area contributed by atoms with E-state index in [1.165, 1.54) is 0 Å². The van der Waals surface area contributed by atoms with Crippen LogP contribution in [0.15, 0.2) is 48.8 Å². The minimum atomic E-state index is -0.449. The molecule has 1 aliphatic rings. The van der Waals surface area contributed by atoms with Crippen LogP contribution in [0.3, 0.4) is 0 Å². The molecular formula is C23H28N4O2. The van der Waals surface area contributed by atoms with E-state index in [4.69, 9.17) is 9.72 Å². The highest BCUT2D eigenvalue weighted by Gasteiger charge is 2.27. The van der Waals surface area contributed by atoms with Gasteiger partial charge >= 0.3 is 6.09 Å². The lowest BCUT2D eigenvalue weighted by Crippen LogP contribution is -2.42. The van der Waals surface area contributed by atoms with E-state index in [-0.39, 0.29) is 6.09 Å². The Balaban J connectivity index is 1.40. The summed E-state index contributed by atoms with van der Waals surface area (Å²) < 4.78 is 7.52. The summed E-state index contributed by atoms with van der Waals surface area (Å²) in [6, 6.07) is 14.2. The quantitative estimate of drug-likeness (QED) is 0.653. The van der Waals surface area contributed by atoms with Crippen LogP contribution in [-0.2, 0) is 11.2 Å². The molecule has 0 atom stereocenters. The zero-order valence-electron chi connectivity index (χ0n) is 17.3. The minimum absolute atomic E-state index is 0.206. The fraction of sp³-hybridized carbons (Fsp3) is 0.435. The Labute approximate surface area is 171 Å². The van der Waals surface area contributed by atoms with Crippen molar-refractivity contribution in [1.29, 1.82) is 0 Å². The second-order valence-electron chi connectivity index (χ2n) is 8.71. The molecule has 0 N–H and O–H groups in total. The van der Waals surface area contributed by atoms with Crippen molar-refractivity contribution in [2.24, 2.45) is 5.92 Å². The first kappa shape index (κ1) is 19.4. The zero-order valence-corrected chi connectivity index (χ0v) is 17.3. The highest BCUT2D eigenvalue weighted by Crippen LogP contribution is 2.23. The molecule has 3 heterocycles. The molecule has 1 aromatic carbocycles. The number of imidazole rings is 1. The lowest BCUT2D eigenvalue weighted by atomic mass is 9.92. The van der Waals surface area contributed by atoms with E-state index in [9.17, 15) is 4.79 Å². The topological polar surface area (TPSA) is 60.2 Å². The molecule has 1 saturated heterocycles. The van der Waals surface area contributed by atoms with Crippen molar-refractivity contribution in [2.45, 2.75) is 45.6 Å². The van der Waals surface area contributed by atoms with Gasteiger partial charge < -0.3 is 9.64 Å².